The maximum atomic E-state index is 12.6. The highest BCUT2D eigenvalue weighted by molar-refractivity contribution is 7.16. The zero-order valence-electron chi connectivity index (χ0n) is 14.7. The normalized spacial score (nSPS) is 19.8. The number of methoxy groups -OCH3 is 1. The zero-order chi connectivity index (χ0) is 17.8. The van der Waals surface area contributed by atoms with E-state index in [1.54, 1.807) is 18.4 Å². The Labute approximate surface area is 152 Å². The molecule has 25 heavy (non-hydrogen) atoms. The van der Waals surface area contributed by atoms with E-state index in [1.165, 1.54) is 4.88 Å². The van der Waals surface area contributed by atoms with Crippen molar-refractivity contribution < 1.29 is 9.53 Å². The van der Waals surface area contributed by atoms with Crippen molar-refractivity contribution in [2.75, 3.05) is 19.0 Å². The van der Waals surface area contributed by atoms with Crippen molar-refractivity contribution in [2.45, 2.75) is 32.6 Å². The van der Waals surface area contributed by atoms with Gasteiger partial charge in [0, 0.05) is 16.4 Å². The van der Waals surface area contributed by atoms with Crippen LogP contribution in [-0.2, 0) is 11.2 Å². The Bertz CT molecular complexity index is 727. The Morgan fingerprint density at radius 1 is 1.36 bits per heavy atom. The number of hydrogen-bond donors (Lipinski definition) is 2. The number of aromatic nitrogens is 1. The standard InChI is InChI=1S/C19H25N3O2S/c1-3-16-17(12-7-9-14(24-2)10-8-12)21-19(25-16)22-18(23)15-6-4-5-13(15)11-20/h7-10,13,15H,3-6,11,20H2,1-2H3,(H,21,22,23)/t13-,15-/m1/s1. The van der Waals surface area contributed by atoms with E-state index in [-0.39, 0.29) is 11.8 Å². The summed E-state index contributed by atoms with van der Waals surface area (Å²) in [5.74, 6) is 1.19. The summed E-state index contributed by atoms with van der Waals surface area (Å²) in [5.41, 5.74) is 7.78. The second kappa shape index (κ2) is 7.97. The third-order valence-corrected chi connectivity index (χ3v) is 6.03. The third-order valence-electron chi connectivity index (χ3n) is 4.91. The third kappa shape index (κ3) is 3.85. The molecule has 1 aliphatic carbocycles. The monoisotopic (exact) mass is 359 g/mol. The largest absolute Gasteiger partial charge is 0.497 e. The summed E-state index contributed by atoms with van der Waals surface area (Å²) in [7, 11) is 1.65. The summed E-state index contributed by atoms with van der Waals surface area (Å²) >= 11 is 1.55. The number of nitrogens with one attached hydrogen (secondary N) is 1. The molecule has 0 radical (unpaired) electrons. The van der Waals surface area contributed by atoms with Crippen molar-refractivity contribution in [3.8, 4) is 17.0 Å². The van der Waals surface area contributed by atoms with Gasteiger partial charge in [-0.05, 0) is 56.0 Å². The van der Waals surface area contributed by atoms with E-state index in [4.69, 9.17) is 10.5 Å². The quantitative estimate of drug-likeness (QED) is 0.824. The highest BCUT2D eigenvalue weighted by Crippen LogP contribution is 2.35. The molecule has 0 bridgehead atoms. The number of nitrogens with two attached hydrogens (primary N) is 1. The number of ether oxygens (including phenoxy) is 1. The van der Waals surface area contributed by atoms with E-state index in [2.05, 4.69) is 17.2 Å². The van der Waals surface area contributed by atoms with Gasteiger partial charge in [0.05, 0.1) is 12.8 Å². The highest BCUT2D eigenvalue weighted by atomic mass is 32.1. The van der Waals surface area contributed by atoms with Crippen LogP contribution >= 0.6 is 11.3 Å². The lowest BCUT2D eigenvalue weighted by Crippen LogP contribution is -2.29. The van der Waals surface area contributed by atoms with Crippen LogP contribution < -0.4 is 15.8 Å². The fourth-order valence-corrected chi connectivity index (χ4v) is 4.41. The maximum Gasteiger partial charge on any atom is 0.229 e. The van der Waals surface area contributed by atoms with Gasteiger partial charge in [0.15, 0.2) is 5.13 Å². The first kappa shape index (κ1) is 17.9. The Kier molecular flexibility index (Phi) is 5.71. The molecule has 1 aliphatic rings. The number of benzene rings is 1. The smallest absolute Gasteiger partial charge is 0.229 e. The van der Waals surface area contributed by atoms with E-state index < -0.39 is 0 Å². The van der Waals surface area contributed by atoms with Gasteiger partial charge in [-0.25, -0.2) is 4.98 Å². The number of thiazole rings is 1. The molecule has 3 N–H and O–H groups in total. The number of carbonyl (C=O) groups is 1. The number of hydrogen-bond acceptors (Lipinski definition) is 5. The van der Waals surface area contributed by atoms with Crippen LogP contribution in [0.5, 0.6) is 5.75 Å². The molecule has 6 heteroatoms. The van der Waals surface area contributed by atoms with E-state index in [0.717, 1.165) is 42.7 Å². The molecule has 1 saturated carbocycles. The minimum absolute atomic E-state index is 0.0170. The second-order valence-electron chi connectivity index (χ2n) is 6.40. The summed E-state index contributed by atoms with van der Waals surface area (Å²) < 4.78 is 5.21. The van der Waals surface area contributed by atoms with Gasteiger partial charge in [-0.3, -0.25) is 4.79 Å². The van der Waals surface area contributed by atoms with E-state index in [1.807, 2.05) is 24.3 Å². The van der Waals surface area contributed by atoms with Crippen molar-refractivity contribution in [3.05, 3.63) is 29.1 Å². The van der Waals surface area contributed by atoms with Crippen LogP contribution in [0.1, 0.15) is 31.1 Å². The van der Waals surface area contributed by atoms with Crippen molar-refractivity contribution >= 4 is 22.4 Å². The topological polar surface area (TPSA) is 77.2 Å². The van der Waals surface area contributed by atoms with Crippen LogP contribution in [0, 0.1) is 11.8 Å². The first-order valence-electron chi connectivity index (χ1n) is 8.81. The fourth-order valence-electron chi connectivity index (χ4n) is 3.48. The average molecular weight is 359 g/mol. The molecule has 5 nitrogen and oxygen atoms in total. The molecule has 134 valence electrons. The van der Waals surface area contributed by atoms with Gasteiger partial charge < -0.3 is 15.8 Å². The molecule has 0 spiro atoms. The fraction of sp³-hybridized carbons (Fsp3) is 0.474. The van der Waals surface area contributed by atoms with Crippen molar-refractivity contribution in [1.29, 1.82) is 0 Å². The SMILES string of the molecule is CCc1sc(NC(=O)[C@@H]2CCC[C@@H]2CN)nc1-c1ccc(OC)cc1. The zero-order valence-corrected chi connectivity index (χ0v) is 15.6. The van der Waals surface area contributed by atoms with Gasteiger partial charge in [-0.2, -0.15) is 0 Å². The molecule has 2 aromatic rings. The van der Waals surface area contributed by atoms with Crippen LogP contribution in [0.3, 0.4) is 0 Å². The molecule has 0 unspecified atom stereocenters. The highest BCUT2D eigenvalue weighted by Gasteiger charge is 2.32. The molecule has 1 heterocycles. The van der Waals surface area contributed by atoms with Crippen molar-refractivity contribution in [1.82, 2.24) is 4.98 Å². The molecule has 1 fully saturated rings. The van der Waals surface area contributed by atoms with E-state index in [9.17, 15) is 4.79 Å². The molecular formula is C19H25N3O2S. The number of amides is 1. The van der Waals surface area contributed by atoms with Crippen LogP contribution in [0.15, 0.2) is 24.3 Å². The Morgan fingerprint density at radius 3 is 2.76 bits per heavy atom. The van der Waals surface area contributed by atoms with Crippen LogP contribution in [0.2, 0.25) is 0 Å². The van der Waals surface area contributed by atoms with Crippen LogP contribution in [0.25, 0.3) is 11.3 Å². The summed E-state index contributed by atoms with van der Waals surface area (Å²) in [4.78, 5) is 18.4. The molecule has 1 aromatic heterocycles. The lowest BCUT2D eigenvalue weighted by atomic mass is 9.95. The van der Waals surface area contributed by atoms with Gasteiger partial charge in [0.2, 0.25) is 5.91 Å². The molecule has 1 aromatic carbocycles. The van der Waals surface area contributed by atoms with Crippen molar-refractivity contribution in [2.24, 2.45) is 17.6 Å². The average Bonchev–Trinajstić information content (AvgIpc) is 3.28. The molecule has 2 atom stereocenters. The summed E-state index contributed by atoms with van der Waals surface area (Å²) in [6.07, 6.45) is 3.92. The van der Waals surface area contributed by atoms with E-state index >= 15 is 0 Å². The lowest BCUT2D eigenvalue weighted by Gasteiger charge is -2.16. The predicted octanol–water partition coefficient (Wildman–Crippen LogP) is 3.69. The van der Waals surface area contributed by atoms with Gasteiger partial charge in [0.1, 0.15) is 5.75 Å². The van der Waals surface area contributed by atoms with Gasteiger partial charge in [0.25, 0.3) is 0 Å². The summed E-state index contributed by atoms with van der Waals surface area (Å²) in [6.45, 7) is 2.68. The second-order valence-corrected chi connectivity index (χ2v) is 7.48. The number of carbonyl (C=O) groups excluding carboxylic acids is 1. The number of anilines is 1. The Balaban J connectivity index is 1.79. The summed E-state index contributed by atoms with van der Waals surface area (Å²) in [5, 5.41) is 3.70. The molecule has 0 aliphatic heterocycles. The first-order chi connectivity index (χ1) is 12.2. The van der Waals surface area contributed by atoms with E-state index in [0.29, 0.717) is 17.6 Å². The molecule has 3 rings (SSSR count). The van der Waals surface area contributed by atoms with Gasteiger partial charge in [-0.1, -0.05) is 13.3 Å². The van der Waals surface area contributed by atoms with Crippen LogP contribution in [-0.4, -0.2) is 24.5 Å². The number of aryl methyl sites for hydroxylation is 1. The Hall–Kier alpha value is -1.92. The molecule has 0 saturated heterocycles. The van der Waals surface area contributed by atoms with Crippen LogP contribution in [0.4, 0.5) is 5.13 Å². The summed E-state index contributed by atoms with van der Waals surface area (Å²) in [6, 6.07) is 7.85. The molecular weight excluding hydrogens is 334 g/mol. The van der Waals surface area contributed by atoms with Crippen molar-refractivity contribution in [3.63, 3.8) is 0 Å². The lowest BCUT2D eigenvalue weighted by molar-refractivity contribution is -0.120. The van der Waals surface area contributed by atoms with Gasteiger partial charge in [-0.15, -0.1) is 11.3 Å². The minimum atomic E-state index is 0.0170. The maximum absolute atomic E-state index is 12.6. The predicted molar refractivity (Wildman–Crippen MR) is 102 cm³/mol. The minimum Gasteiger partial charge on any atom is -0.497 e. The Morgan fingerprint density at radius 2 is 2.12 bits per heavy atom. The first-order valence-corrected chi connectivity index (χ1v) is 9.63. The number of nitrogens with zero attached hydrogens (tertiary/aromatic N) is 1. The number of rotatable bonds is 6. The van der Waals surface area contributed by atoms with Gasteiger partial charge >= 0.3 is 0 Å². The molecule has 1 amide bonds.